The van der Waals surface area contributed by atoms with Crippen LogP contribution >= 0.6 is 0 Å². The highest BCUT2D eigenvalue weighted by Crippen LogP contribution is 2.29. The molecule has 7 nitrogen and oxygen atoms in total. The summed E-state index contributed by atoms with van der Waals surface area (Å²) in [6, 6.07) is 12.2. The van der Waals surface area contributed by atoms with E-state index >= 15 is 0 Å². The summed E-state index contributed by atoms with van der Waals surface area (Å²) < 4.78 is 10.3. The van der Waals surface area contributed by atoms with Crippen LogP contribution in [0.25, 0.3) is 0 Å². The SMILES string of the molecule is CCN(CC)c1ccc(NC(=O)C(=O)Nc2ccc(OC)c(OC)c2)cc1. The molecule has 0 unspecified atom stereocenters. The zero-order chi connectivity index (χ0) is 19.8. The fourth-order valence-electron chi connectivity index (χ4n) is 2.63. The quantitative estimate of drug-likeness (QED) is 0.731. The van der Waals surface area contributed by atoms with Crippen molar-refractivity contribution in [3.63, 3.8) is 0 Å². The molecule has 0 radical (unpaired) electrons. The van der Waals surface area contributed by atoms with Gasteiger partial charge in [0.1, 0.15) is 0 Å². The van der Waals surface area contributed by atoms with Crippen LogP contribution in [0.2, 0.25) is 0 Å². The number of carbonyl (C=O) groups is 2. The topological polar surface area (TPSA) is 79.9 Å². The van der Waals surface area contributed by atoms with E-state index in [4.69, 9.17) is 9.47 Å². The standard InChI is InChI=1S/C20H25N3O4/c1-5-23(6-2)16-10-7-14(8-11-16)21-19(24)20(25)22-15-9-12-17(26-3)18(13-15)27-4/h7-13H,5-6H2,1-4H3,(H,21,24)(H,22,25). The number of methoxy groups -OCH3 is 2. The van der Waals surface area contributed by atoms with E-state index in [9.17, 15) is 9.59 Å². The van der Waals surface area contributed by atoms with Crippen molar-refractivity contribution in [2.45, 2.75) is 13.8 Å². The second kappa shape index (κ2) is 9.47. The van der Waals surface area contributed by atoms with E-state index in [-0.39, 0.29) is 0 Å². The van der Waals surface area contributed by atoms with Gasteiger partial charge in [-0.05, 0) is 50.2 Å². The molecule has 2 amide bonds. The third-order valence-corrected chi connectivity index (χ3v) is 4.10. The summed E-state index contributed by atoms with van der Waals surface area (Å²) in [4.78, 5) is 26.5. The summed E-state index contributed by atoms with van der Waals surface area (Å²) in [6.45, 7) is 5.96. The van der Waals surface area contributed by atoms with Gasteiger partial charge >= 0.3 is 11.8 Å². The minimum Gasteiger partial charge on any atom is -0.493 e. The lowest BCUT2D eigenvalue weighted by atomic mass is 10.2. The molecular formula is C20H25N3O4. The molecule has 0 saturated heterocycles. The van der Waals surface area contributed by atoms with Crippen LogP contribution in [0, 0.1) is 0 Å². The van der Waals surface area contributed by atoms with Crippen LogP contribution < -0.4 is 25.0 Å². The molecule has 0 aromatic heterocycles. The van der Waals surface area contributed by atoms with Gasteiger partial charge in [-0.3, -0.25) is 9.59 Å². The normalized spacial score (nSPS) is 10.1. The second-order valence-corrected chi connectivity index (χ2v) is 5.70. The van der Waals surface area contributed by atoms with Crippen molar-refractivity contribution in [1.82, 2.24) is 0 Å². The fourth-order valence-corrected chi connectivity index (χ4v) is 2.63. The molecule has 0 fully saturated rings. The minimum absolute atomic E-state index is 0.435. The Morgan fingerprint density at radius 2 is 1.33 bits per heavy atom. The number of anilines is 3. The van der Waals surface area contributed by atoms with Gasteiger partial charge in [-0.15, -0.1) is 0 Å². The Kier molecular flexibility index (Phi) is 7.05. The molecular weight excluding hydrogens is 346 g/mol. The van der Waals surface area contributed by atoms with Gasteiger partial charge in [0.15, 0.2) is 11.5 Å². The highest BCUT2D eigenvalue weighted by Gasteiger charge is 2.15. The van der Waals surface area contributed by atoms with Crippen LogP contribution in [0.4, 0.5) is 17.1 Å². The van der Waals surface area contributed by atoms with Gasteiger partial charge in [0.25, 0.3) is 0 Å². The van der Waals surface area contributed by atoms with Crippen molar-refractivity contribution in [2.24, 2.45) is 0 Å². The summed E-state index contributed by atoms with van der Waals surface area (Å²) in [5, 5.41) is 5.13. The van der Waals surface area contributed by atoms with Crippen LogP contribution in [0.1, 0.15) is 13.8 Å². The summed E-state index contributed by atoms with van der Waals surface area (Å²) in [7, 11) is 3.02. The zero-order valence-corrected chi connectivity index (χ0v) is 16.0. The van der Waals surface area contributed by atoms with Crippen molar-refractivity contribution in [3.8, 4) is 11.5 Å². The maximum atomic E-state index is 12.1. The Balaban J connectivity index is 2.00. The van der Waals surface area contributed by atoms with Gasteiger partial charge in [-0.1, -0.05) is 0 Å². The lowest BCUT2D eigenvalue weighted by Crippen LogP contribution is -2.29. The van der Waals surface area contributed by atoms with Crippen molar-refractivity contribution in [2.75, 3.05) is 42.8 Å². The molecule has 2 aromatic rings. The number of ether oxygens (including phenoxy) is 2. The molecule has 0 heterocycles. The van der Waals surface area contributed by atoms with E-state index in [0.717, 1.165) is 18.8 Å². The van der Waals surface area contributed by atoms with E-state index in [2.05, 4.69) is 29.4 Å². The van der Waals surface area contributed by atoms with Gasteiger partial charge in [0.05, 0.1) is 14.2 Å². The maximum Gasteiger partial charge on any atom is 0.314 e. The monoisotopic (exact) mass is 371 g/mol. The first kappa shape index (κ1) is 20.1. The number of amides is 2. The van der Waals surface area contributed by atoms with Gasteiger partial charge in [-0.2, -0.15) is 0 Å². The molecule has 27 heavy (non-hydrogen) atoms. The molecule has 0 aliphatic heterocycles. The molecule has 2 N–H and O–H groups in total. The predicted molar refractivity (Wildman–Crippen MR) is 107 cm³/mol. The summed E-state index contributed by atoms with van der Waals surface area (Å²) >= 11 is 0. The highest BCUT2D eigenvalue weighted by molar-refractivity contribution is 6.43. The molecule has 2 rings (SSSR count). The molecule has 144 valence electrons. The van der Waals surface area contributed by atoms with Gasteiger partial charge in [0.2, 0.25) is 0 Å². The van der Waals surface area contributed by atoms with E-state index in [1.54, 1.807) is 30.3 Å². The lowest BCUT2D eigenvalue weighted by molar-refractivity contribution is -0.132. The second-order valence-electron chi connectivity index (χ2n) is 5.70. The van der Waals surface area contributed by atoms with Crippen LogP contribution in [0.15, 0.2) is 42.5 Å². The van der Waals surface area contributed by atoms with Gasteiger partial charge in [0, 0.05) is 36.2 Å². The van der Waals surface area contributed by atoms with Crippen molar-refractivity contribution in [3.05, 3.63) is 42.5 Å². The Morgan fingerprint density at radius 1 is 0.815 bits per heavy atom. The summed E-state index contributed by atoms with van der Waals surface area (Å²) in [6.07, 6.45) is 0. The van der Waals surface area contributed by atoms with E-state index < -0.39 is 11.8 Å². The fraction of sp³-hybridized carbons (Fsp3) is 0.300. The van der Waals surface area contributed by atoms with Crippen molar-refractivity contribution < 1.29 is 19.1 Å². The third-order valence-electron chi connectivity index (χ3n) is 4.10. The van der Waals surface area contributed by atoms with E-state index in [0.29, 0.717) is 22.9 Å². The number of carbonyl (C=O) groups excluding carboxylic acids is 2. The first-order valence-corrected chi connectivity index (χ1v) is 8.71. The molecule has 0 bridgehead atoms. The average Bonchev–Trinajstić information content (AvgIpc) is 2.69. The number of hydrogen-bond acceptors (Lipinski definition) is 5. The highest BCUT2D eigenvalue weighted by atomic mass is 16.5. The number of rotatable bonds is 7. The minimum atomic E-state index is -0.768. The predicted octanol–water partition coefficient (Wildman–Crippen LogP) is 3.13. The van der Waals surface area contributed by atoms with Gasteiger partial charge < -0.3 is 25.0 Å². The molecule has 0 aliphatic rings. The Hall–Kier alpha value is -3.22. The zero-order valence-electron chi connectivity index (χ0n) is 16.0. The van der Waals surface area contributed by atoms with Crippen LogP contribution in [-0.2, 0) is 9.59 Å². The molecule has 0 spiro atoms. The average molecular weight is 371 g/mol. The van der Waals surface area contributed by atoms with Crippen LogP contribution in [0.5, 0.6) is 11.5 Å². The molecule has 2 aromatic carbocycles. The van der Waals surface area contributed by atoms with Crippen LogP contribution in [-0.4, -0.2) is 39.1 Å². The Labute approximate surface area is 159 Å². The number of benzene rings is 2. The van der Waals surface area contributed by atoms with Crippen molar-refractivity contribution >= 4 is 28.9 Å². The molecule has 0 saturated carbocycles. The summed E-state index contributed by atoms with van der Waals surface area (Å²) in [5.41, 5.74) is 2.05. The Morgan fingerprint density at radius 3 is 1.85 bits per heavy atom. The molecule has 0 aliphatic carbocycles. The van der Waals surface area contributed by atoms with Crippen molar-refractivity contribution in [1.29, 1.82) is 0 Å². The summed E-state index contributed by atoms with van der Waals surface area (Å²) in [5.74, 6) is -0.522. The van der Waals surface area contributed by atoms with Gasteiger partial charge in [-0.25, -0.2) is 0 Å². The largest absolute Gasteiger partial charge is 0.493 e. The smallest absolute Gasteiger partial charge is 0.314 e. The first-order chi connectivity index (χ1) is 13.0. The molecule has 7 heteroatoms. The Bertz CT molecular complexity index is 786. The maximum absolute atomic E-state index is 12.1. The molecule has 0 atom stereocenters. The number of hydrogen-bond donors (Lipinski definition) is 2. The number of nitrogens with one attached hydrogen (secondary N) is 2. The first-order valence-electron chi connectivity index (χ1n) is 8.71. The van der Waals surface area contributed by atoms with E-state index in [1.165, 1.54) is 14.2 Å². The number of nitrogens with zero attached hydrogens (tertiary/aromatic N) is 1. The van der Waals surface area contributed by atoms with Crippen LogP contribution in [0.3, 0.4) is 0 Å². The third kappa shape index (κ3) is 5.13. The van der Waals surface area contributed by atoms with E-state index in [1.807, 2.05) is 12.1 Å². The lowest BCUT2D eigenvalue weighted by Gasteiger charge is -2.21.